The van der Waals surface area contributed by atoms with E-state index >= 15 is 0 Å². The van der Waals surface area contributed by atoms with Gasteiger partial charge in [0.1, 0.15) is 0 Å². The van der Waals surface area contributed by atoms with Crippen LogP contribution in [0.2, 0.25) is 0 Å². The van der Waals surface area contributed by atoms with Crippen LogP contribution in [-0.2, 0) is 50.1 Å². The van der Waals surface area contributed by atoms with Gasteiger partial charge >= 0.3 is 0 Å². The van der Waals surface area contributed by atoms with Crippen molar-refractivity contribution in [3.05, 3.63) is 216 Å². The summed E-state index contributed by atoms with van der Waals surface area (Å²) in [6.45, 7) is 15.4. The van der Waals surface area contributed by atoms with Crippen LogP contribution >= 0.6 is 0 Å². The monoisotopic (exact) mass is 1120 g/mol. The normalized spacial score (nSPS) is 24.2. The Morgan fingerprint density at radius 2 is 1.14 bits per heavy atom. The first-order chi connectivity index (χ1) is 40.8. The number of benzene rings is 6. The van der Waals surface area contributed by atoms with Gasteiger partial charge in [-0.15, -0.1) is 0 Å². The lowest BCUT2D eigenvalue weighted by Gasteiger charge is -2.34. The van der Waals surface area contributed by atoms with Crippen LogP contribution in [0.15, 0.2) is 143 Å². The number of carbonyl (C=O) groups excluding carboxylic acids is 1. The summed E-state index contributed by atoms with van der Waals surface area (Å²) in [5.41, 5.74) is 14.7. The molecule has 84 heavy (non-hydrogen) atoms. The molecular formula is C72H78N6O6. The van der Waals surface area contributed by atoms with Crippen molar-refractivity contribution >= 4 is 44.5 Å². The summed E-state index contributed by atoms with van der Waals surface area (Å²) in [4.78, 5) is 44.7. The Hall–Kier alpha value is -7.51. The highest BCUT2D eigenvalue weighted by Crippen LogP contribution is 2.47. The predicted octanol–water partition coefficient (Wildman–Crippen LogP) is 12.9. The highest BCUT2D eigenvalue weighted by Gasteiger charge is 2.44. The molecule has 432 valence electrons. The number of aromatic nitrogens is 2. The van der Waals surface area contributed by atoms with E-state index < -0.39 is 11.1 Å². The zero-order chi connectivity index (χ0) is 57.5. The van der Waals surface area contributed by atoms with E-state index in [4.69, 9.17) is 14.2 Å². The lowest BCUT2D eigenvalue weighted by molar-refractivity contribution is 0.0727. The molecule has 1 amide bonds. The average molecular weight is 1120 g/mol. The van der Waals surface area contributed by atoms with Gasteiger partial charge in [-0.05, 0) is 200 Å². The lowest BCUT2D eigenvalue weighted by Crippen LogP contribution is -2.40. The summed E-state index contributed by atoms with van der Waals surface area (Å²) in [7, 11) is 0. The highest BCUT2D eigenvalue weighted by atomic mass is 16.5. The maximum atomic E-state index is 14.6. The van der Waals surface area contributed by atoms with Gasteiger partial charge < -0.3 is 44.2 Å². The molecule has 0 bridgehead atoms. The SMILES string of the molecule is Cc1cccc(C2(Nc3ccc4ccn(C(C)CCc5cccc(C6(Nc7ccc8ccn(C9CC9Cc9cccc(C%10(Nc%11ccc%12c(c%11)C(=O)N(C%11CC%11)CC%12)CCOC%10)c9C)c(=O)c8c7)CCOC6)c5C)c(=O)c4c3)CCOC2)c1C. The van der Waals surface area contributed by atoms with Gasteiger partial charge in [-0.25, -0.2) is 0 Å². The topological polar surface area (TPSA) is 128 Å². The van der Waals surface area contributed by atoms with Crippen LogP contribution in [0.25, 0.3) is 21.5 Å². The number of ether oxygens (including phenoxy) is 3. The van der Waals surface area contributed by atoms with Crippen molar-refractivity contribution in [1.29, 1.82) is 0 Å². The van der Waals surface area contributed by atoms with Crippen LogP contribution in [0.4, 0.5) is 17.1 Å². The van der Waals surface area contributed by atoms with Gasteiger partial charge in [0.2, 0.25) is 0 Å². The number of fused-ring (bicyclic) bond motifs is 3. The Kier molecular flexibility index (Phi) is 13.9. The molecule has 6 heterocycles. The van der Waals surface area contributed by atoms with Crippen molar-refractivity contribution < 1.29 is 19.0 Å². The number of pyridine rings is 2. The molecular weight excluding hydrogens is 1040 g/mol. The Morgan fingerprint density at radius 3 is 1.75 bits per heavy atom. The maximum absolute atomic E-state index is 14.6. The second-order valence-corrected chi connectivity index (χ2v) is 25.6. The maximum Gasteiger partial charge on any atom is 0.258 e. The Bertz CT molecular complexity index is 4010. The number of aryl methyl sites for hydroxylation is 2. The van der Waals surface area contributed by atoms with E-state index in [0.29, 0.717) is 62.4 Å². The van der Waals surface area contributed by atoms with Crippen molar-refractivity contribution in [2.24, 2.45) is 5.92 Å². The molecule has 14 rings (SSSR count). The largest absolute Gasteiger partial charge is 0.379 e. The Balaban J connectivity index is 0.660. The third-order valence-electron chi connectivity index (χ3n) is 20.4. The molecule has 2 saturated carbocycles. The Labute approximate surface area is 492 Å². The van der Waals surface area contributed by atoms with Gasteiger partial charge in [-0.2, -0.15) is 0 Å². The minimum atomic E-state index is -0.487. The fourth-order valence-electron chi connectivity index (χ4n) is 15.0. The van der Waals surface area contributed by atoms with E-state index in [-0.39, 0.29) is 34.6 Å². The second-order valence-electron chi connectivity index (χ2n) is 25.6. The predicted molar refractivity (Wildman–Crippen MR) is 335 cm³/mol. The summed E-state index contributed by atoms with van der Waals surface area (Å²) in [5.74, 6) is 0.499. The summed E-state index contributed by atoms with van der Waals surface area (Å²) >= 11 is 0. The molecule has 6 aliphatic rings. The molecule has 0 radical (unpaired) electrons. The van der Waals surface area contributed by atoms with Crippen LogP contribution in [-0.4, -0.2) is 72.2 Å². The van der Waals surface area contributed by atoms with E-state index in [2.05, 4.69) is 165 Å². The molecule has 2 aliphatic carbocycles. The number of nitrogens with one attached hydrogen (secondary N) is 3. The molecule has 6 atom stereocenters. The molecule has 3 N–H and O–H groups in total. The van der Waals surface area contributed by atoms with Gasteiger partial charge in [0, 0.05) is 110 Å². The fourth-order valence-corrected chi connectivity index (χ4v) is 15.0. The minimum absolute atomic E-state index is 0.0135. The molecule has 6 aromatic carbocycles. The number of anilines is 3. The Morgan fingerprint density at radius 1 is 0.595 bits per heavy atom. The van der Waals surface area contributed by atoms with Gasteiger partial charge in [0.15, 0.2) is 0 Å². The second kappa shape index (κ2) is 21.5. The van der Waals surface area contributed by atoms with Gasteiger partial charge in [0.05, 0.1) is 36.4 Å². The van der Waals surface area contributed by atoms with Crippen LogP contribution in [0.3, 0.4) is 0 Å². The lowest BCUT2D eigenvalue weighted by atomic mass is 9.83. The minimum Gasteiger partial charge on any atom is -0.379 e. The van der Waals surface area contributed by atoms with Gasteiger partial charge in [0.25, 0.3) is 17.0 Å². The zero-order valence-electron chi connectivity index (χ0n) is 49.3. The third-order valence-corrected chi connectivity index (χ3v) is 20.4. The molecule has 0 spiro atoms. The molecule has 12 nitrogen and oxygen atoms in total. The number of hydrogen-bond acceptors (Lipinski definition) is 9. The molecule has 2 aromatic heterocycles. The van der Waals surface area contributed by atoms with Crippen molar-refractivity contribution in [2.45, 2.75) is 134 Å². The van der Waals surface area contributed by atoms with Crippen molar-refractivity contribution in [3.63, 3.8) is 0 Å². The first-order valence-corrected chi connectivity index (χ1v) is 30.9. The van der Waals surface area contributed by atoms with E-state index in [0.717, 1.165) is 110 Å². The van der Waals surface area contributed by atoms with E-state index in [1.807, 2.05) is 33.7 Å². The van der Waals surface area contributed by atoms with E-state index in [1.165, 1.54) is 50.1 Å². The third kappa shape index (κ3) is 9.81. The molecule has 3 saturated heterocycles. The smallest absolute Gasteiger partial charge is 0.258 e. The number of rotatable bonds is 17. The molecule has 8 aromatic rings. The summed E-state index contributed by atoms with van der Waals surface area (Å²) in [5, 5.41) is 15.0. The van der Waals surface area contributed by atoms with Crippen molar-refractivity contribution in [1.82, 2.24) is 14.0 Å². The molecule has 4 aliphatic heterocycles. The summed E-state index contributed by atoms with van der Waals surface area (Å²) in [6.07, 6.45) is 13.0. The summed E-state index contributed by atoms with van der Waals surface area (Å²) in [6, 6.07) is 43.1. The van der Waals surface area contributed by atoms with Crippen molar-refractivity contribution in [3.8, 4) is 0 Å². The highest BCUT2D eigenvalue weighted by molar-refractivity contribution is 5.98. The number of nitrogens with zero attached hydrogens (tertiary/aromatic N) is 3. The number of amides is 1. The van der Waals surface area contributed by atoms with Gasteiger partial charge in [-0.1, -0.05) is 72.8 Å². The van der Waals surface area contributed by atoms with E-state index in [1.54, 1.807) is 0 Å². The van der Waals surface area contributed by atoms with Crippen LogP contribution in [0.5, 0.6) is 0 Å². The number of carbonyl (C=O) groups is 1. The van der Waals surface area contributed by atoms with Crippen molar-refractivity contribution in [2.75, 3.05) is 62.1 Å². The quantitative estimate of drug-likeness (QED) is 0.0816. The first kappa shape index (κ1) is 54.4. The average Bonchev–Trinajstić information content (AvgIpc) is 3.40. The summed E-state index contributed by atoms with van der Waals surface area (Å²) < 4.78 is 22.2. The zero-order valence-corrected chi connectivity index (χ0v) is 49.3. The van der Waals surface area contributed by atoms with Crippen LogP contribution in [0, 0.1) is 33.6 Å². The molecule has 5 fully saturated rings. The molecule has 12 heteroatoms. The van der Waals surface area contributed by atoms with Crippen LogP contribution in [0.1, 0.15) is 130 Å². The standard InChI is InChI=1S/C72H78N6O6/c1-45-9-6-12-63(47(45)3)70(28-34-82-42-70)73-56-20-17-51-25-31-76(67(79)60(51)39-56)46(2)15-16-50-10-7-13-64(48(50)4)71(29-35-83-43-71)74-58-22-19-53-27-33-78(69(81)62(53)41-58)66-38-55(66)37-54-11-8-14-65(49(54)5)72(30-36-84-44-72)75-57-21-18-52-26-32-77(59-23-24-59)68(80)61(52)40-57/h6-14,17-22,25,27,31,33,39-41,46,55,59,66,73-75H,15-16,23-24,26,28-30,32,34-38,42-44H2,1-5H3. The number of hydrogen-bond donors (Lipinski definition) is 3. The van der Waals surface area contributed by atoms with E-state index in [9.17, 15) is 14.4 Å². The first-order valence-electron chi connectivity index (χ1n) is 30.9. The molecule has 6 unspecified atom stereocenters. The van der Waals surface area contributed by atoms with Crippen LogP contribution < -0.4 is 27.1 Å². The van der Waals surface area contributed by atoms with Gasteiger partial charge in [-0.3, -0.25) is 14.4 Å². The fraction of sp³-hybridized carbons (Fsp3) is 0.403.